The molecule has 0 aliphatic rings. The van der Waals surface area contributed by atoms with E-state index in [1.54, 1.807) is 35.7 Å². The standard InChI is InChI=1S/C19H13FN4O3S/c20-13-4-1-11(2-5-13)16-9-28-19(23-16)24-17(25)8-27-18(26)12-3-6-14-15(7-12)22-10-21-14/h1-7,9-10H,8H2,(H,21,22)(H,23,24,25). The van der Waals surface area contributed by atoms with Gasteiger partial charge in [0, 0.05) is 10.9 Å². The molecular formula is C19H13FN4O3S. The van der Waals surface area contributed by atoms with E-state index in [0.717, 1.165) is 11.1 Å². The summed E-state index contributed by atoms with van der Waals surface area (Å²) in [5.41, 5.74) is 3.10. The summed E-state index contributed by atoms with van der Waals surface area (Å²) in [5.74, 6) is -1.45. The summed E-state index contributed by atoms with van der Waals surface area (Å²) >= 11 is 1.22. The second-order valence-corrected chi connectivity index (χ2v) is 6.66. The molecule has 0 bridgehead atoms. The fourth-order valence-corrected chi connectivity index (χ4v) is 3.25. The summed E-state index contributed by atoms with van der Waals surface area (Å²) in [5, 5.41) is 4.68. The monoisotopic (exact) mass is 396 g/mol. The number of H-pyrrole nitrogens is 1. The number of hydrogen-bond acceptors (Lipinski definition) is 6. The van der Waals surface area contributed by atoms with E-state index in [4.69, 9.17) is 4.74 Å². The van der Waals surface area contributed by atoms with Gasteiger partial charge in [-0.15, -0.1) is 11.3 Å². The van der Waals surface area contributed by atoms with Crippen LogP contribution in [0.2, 0.25) is 0 Å². The maximum Gasteiger partial charge on any atom is 0.338 e. The number of carbonyl (C=O) groups excluding carboxylic acids is 2. The van der Waals surface area contributed by atoms with Crippen LogP contribution >= 0.6 is 11.3 Å². The van der Waals surface area contributed by atoms with Crippen LogP contribution in [0.25, 0.3) is 22.3 Å². The normalized spacial score (nSPS) is 10.8. The maximum atomic E-state index is 13.0. The first-order valence-corrected chi connectivity index (χ1v) is 9.08. The first-order chi connectivity index (χ1) is 13.6. The van der Waals surface area contributed by atoms with E-state index >= 15 is 0 Å². The third-order valence-corrected chi connectivity index (χ3v) is 4.64. The van der Waals surface area contributed by atoms with Crippen LogP contribution in [-0.2, 0) is 9.53 Å². The highest BCUT2D eigenvalue weighted by Gasteiger charge is 2.13. The van der Waals surface area contributed by atoms with Gasteiger partial charge in [0.05, 0.1) is 28.6 Å². The van der Waals surface area contributed by atoms with Gasteiger partial charge in [-0.2, -0.15) is 0 Å². The zero-order valence-electron chi connectivity index (χ0n) is 14.3. The highest BCUT2D eigenvalue weighted by atomic mass is 32.1. The minimum absolute atomic E-state index is 0.317. The lowest BCUT2D eigenvalue weighted by atomic mass is 10.2. The molecule has 0 atom stereocenters. The van der Waals surface area contributed by atoms with Crippen molar-refractivity contribution in [3.8, 4) is 11.3 Å². The average molecular weight is 396 g/mol. The predicted molar refractivity (Wildman–Crippen MR) is 103 cm³/mol. The Morgan fingerprint density at radius 3 is 2.82 bits per heavy atom. The van der Waals surface area contributed by atoms with Gasteiger partial charge in [0.25, 0.3) is 5.91 Å². The van der Waals surface area contributed by atoms with Crippen LogP contribution in [-0.4, -0.2) is 33.4 Å². The number of ether oxygens (including phenoxy) is 1. The van der Waals surface area contributed by atoms with E-state index in [2.05, 4.69) is 20.3 Å². The molecule has 2 aromatic carbocycles. The Balaban J connectivity index is 1.34. The van der Waals surface area contributed by atoms with Gasteiger partial charge in [-0.25, -0.2) is 19.2 Å². The minimum Gasteiger partial charge on any atom is -0.452 e. The number of carbonyl (C=O) groups is 2. The molecular weight excluding hydrogens is 383 g/mol. The van der Waals surface area contributed by atoms with E-state index < -0.39 is 18.5 Å². The Hall–Kier alpha value is -3.59. The molecule has 4 aromatic rings. The quantitative estimate of drug-likeness (QED) is 0.502. The van der Waals surface area contributed by atoms with Crippen molar-refractivity contribution in [3.63, 3.8) is 0 Å². The molecule has 0 aliphatic carbocycles. The molecule has 2 heterocycles. The van der Waals surface area contributed by atoms with Crippen molar-refractivity contribution in [3.05, 3.63) is 65.6 Å². The first kappa shape index (κ1) is 17.8. The molecule has 0 spiro atoms. The molecule has 7 nitrogen and oxygen atoms in total. The number of anilines is 1. The Morgan fingerprint density at radius 1 is 1.18 bits per heavy atom. The topological polar surface area (TPSA) is 97.0 Å². The van der Waals surface area contributed by atoms with Crippen molar-refractivity contribution in [1.82, 2.24) is 15.0 Å². The molecule has 4 rings (SSSR count). The highest BCUT2D eigenvalue weighted by Crippen LogP contribution is 2.25. The molecule has 140 valence electrons. The van der Waals surface area contributed by atoms with Crippen LogP contribution < -0.4 is 5.32 Å². The number of halogens is 1. The van der Waals surface area contributed by atoms with Gasteiger partial charge >= 0.3 is 5.97 Å². The number of aromatic nitrogens is 3. The predicted octanol–water partition coefficient (Wildman–Crippen LogP) is 3.62. The van der Waals surface area contributed by atoms with Gasteiger partial charge in [0.15, 0.2) is 11.7 Å². The Kier molecular flexibility index (Phi) is 4.81. The van der Waals surface area contributed by atoms with E-state index in [1.807, 2.05) is 0 Å². The van der Waals surface area contributed by atoms with Crippen molar-refractivity contribution in [2.75, 3.05) is 11.9 Å². The Bertz CT molecular complexity index is 1150. The first-order valence-electron chi connectivity index (χ1n) is 8.20. The van der Waals surface area contributed by atoms with E-state index in [1.165, 1.54) is 29.8 Å². The van der Waals surface area contributed by atoms with Crippen molar-refractivity contribution >= 4 is 39.4 Å². The molecule has 0 saturated carbocycles. The molecule has 0 radical (unpaired) electrons. The molecule has 28 heavy (non-hydrogen) atoms. The number of esters is 1. The summed E-state index contributed by atoms with van der Waals surface area (Å²) in [7, 11) is 0. The number of aromatic amines is 1. The molecule has 1 amide bonds. The van der Waals surface area contributed by atoms with E-state index in [0.29, 0.717) is 21.9 Å². The van der Waals surface area contributed by atoms with E-state index in [-0.39, 0.29) is 5.82 Å². The minimum atomic E-state index is -0.613. The summed E-state index contributed by atoms with van der Waals surface area (Å²) in [4.78, 5) is 35.4. The molecule has 0 unspecified atom stereocenters. The van der Waals surface area contributed by atoms with Crippen LogP contribution in [0.15, 0.2) is 54.2 Å². The zero-order chi connectivity index (χ0) is 19.5. The lowest BCUT2D eigenvalue weighted by Gasteiger charge is -2.05. The average Bonchev–Trinajstić information content (AvgIpc) is 3.35. The van der Waals surface area contributed by atoms with Crippen molar-refractivity contribution in [2.45, 2.75) is 0 Å². The Labute approximate surface area is 162 Å². The van der Waals surface area contributed by atoms with Gasteiger partial charge < -0.3 is 9.72 Å². The number of nitrogens with zero attached hydrogens (tertiary/aromatic N) is 2. The van der Waals surface area contributed by atoms with Crippen LogP contribution in [0.4, 0.5) is 9.52 Å². The summed E-state index contributed by atoms with van der Waals surface area (Å²) in [6, 6.07) is 10.8. The number of benzene rings is 2. The van der Waals surface area contributed by atoms with Gasteiger partial charge in [0.2, 0.25) is 0 Å². The molecule has 0 aliphatic heterocycles. The van der Waals surface area contributed by atoms with Crippen molar-refractivity contribution in [2.24, 2.45) is 0 Å². The number of amides is 1. The SMILES string of the molecule is O=C(COC(=O)c1ccc2nc[nH]c2c1)Nc1nc(-c2ccc(F)cc2)cs1. The molecule has 9 heteroatoms. The maximum absolute atomic E-state index is 13.0. The number of fused-ring (bicyclic) bond motifs is 1. The second kappa shape index (κ2) is 7.57. The van der Waals surface area contributed by atoms with Crippen LogP contribution in [0.1, 0.15) is 10.4 Å². The summed E-state index contributed by atoms with van der Waals surface area (Å²) in [6.45, 7) is -0.439. The second-order valence-electron chi connectivity index (χ2n) is 5.80. The largest absolute Gasteiger partial charge is 0.452 e. The van der Waals surface area contributed by atoms with Crippen LogP contribution in [0.5, 0.6) is 0 Å². The fourth-order valence-electron chi connectivity index (χ4n) is 2.52. The number of imidazole rings is 1. The summed E-state index contributed by atoms with van der Waals surface area (Å²) < 4.78 is 18.0. The van der Waals surface area contributed by atoms with Crippen molar-refractivity contribution in [1.29, 1.82) is 0 Å². The lowest BCUT2D eigenvalue weighted by Crippen LogP contribution is -2.20. The Morgan fingerprint density at radius 2 is 2.00 bits per heavy atom. The van der Waals surface area contributed by atoms with Gasteiger partial charge in [-0.05, 0) is 42.5 Å². The molecule has 0 fully saturated rings. The number of nitrogens with one attached hydrogen (secondary N) is 2. The van der Waals surface area contributed by atoms with Crippen molar-refractivity contribution < 1.29 is 18.7 Å². The fraction of sp³-hybridized carbons (Fsp3) is 0.0526. The summed E-state index contributed by atoms with van der Waals surface area (Å²) in [6.07, 6.45) is 1.53. The zero-order valence-corrected chi connectivity index (χ0v) is 15.1. The van der Waals surface area contributed by atoms with Gasteiger partial charge in [0.1, 0.15) is 5.82 Å². The number of hydrogen-bond donors (Lipinski definition) is 2. The van der Waals surface area contributed by atoms with Gasteiger partial charge in [-0.1, -0.05) is 0 Å². The molecule has 2 N–H and O–H groups in total. The van der Waals surface area contributed by atoms with Crippen LogP contribution in [0.3, 0.4) is 0 Å². The van der Waals surface area contributed by atoms with Crippen LogP contribution in [0, 0.1) is 5.82 Å². The number of thiazole rings is 1. The number of rotatable bonds is 5. The molecule has 0 saturated heterocycles. The third kappa shape index (κ3) is 3.89. The highest BCUT2D eigenvalue weighted by molar-refractivity contribution is 7.14. The van der Waals surface area contributed by atoms with E-state index in [9.17, 15) is 14.0 Å². The third-order valence-electron chi connectivity index (χ3n) is 3.88. The smallest absolute Gasteiger partial charge is 0.338 e. The molecule has 2 aromatic heterocycles. The lowest BCUT2D eigenvalue weighted by molar-refractivity contribution is -0.119. The van der Waals surface area contributed by atoms with Gasteiger partial charge in [-0.3, -0.25) is 10.1 Å².